The number of benzene rings is 1. The largest absolute Gasteiger partial charge is 0.395 e. The second-order valence-electron chi connectivity index (χ2n) is 3.57. The normalized spacial score (nSPS) is 10.2. The van der Waals surface area contributed by atoms with Crippen LogP contribution in [0.3, 0.4) is 0 Å². The molecule has 0 aliphatic carbocycles. The van der Waals surface area contributed by atoms with Gasteiger partial charge in [0.1, 0.15) is 0 Å². The number of hydrogen-bond acceptors (Lipinski definition) is 2. The molecule has 0 bridgehead atoms. The Hall–Kier alpha value is -1.02. The van der Waals surface area contributed by atoms with E-state index in [2.05, 4.69) is 36.1 Å². The van der Waals surface area contributed by atoms with Gasteiger partial charge in [0.25, 0.3) is 0 Å². The number of rotatable bonds is 5. The summed E-state index contributed by atoms with van der Waals surface area (Å²) in [6.45, 7) is 3.08. The predicted molar refractivity (Wildman–Crippen MR) is 60.8 cm³/mol. The number of aliphatic hydroxyl groups excluding tert-OH is 1. The van der Waals surface area contributed by atoms with Gasteiger partial charge in [-0.15, -0.1) is 0 Å². The molecule has 0 fully saturated rings. The summed E-state index contributed by atoms with van der Waals surface area (Å²) in [7, 11) is 2.00. The van der Waals surface area contributed by atoms with Crippen molar-refractivity contribution in [3.8, 4) is 0 Å². The van der Waals surface area contributed by atoms with E-state index in [0.717, 1.165) is 6.42 Å². The molecule has 0 saturated heterocycles. The smallest absolute Gasteiger partial charge is 0.0606 e. The van der Waals surface area contributed by atoms with Crippen molar-refractivity contribution in [1.29, 1.82) is 0 Å². The third-order valence-corrected chi connectivity index (χ3v) is 2.33. The molecule has 0 atom stereocenters. The minimum atomic E-state index is 0.203. The second-order valence-corrected chi connectivity index (χ2v) is 3.57. The molecule has 78 valence electrons. The van der Waals surface area contributed by atoms with Crippen LogP contribution < -0.4 is 4.90 Å². The van der Waals surface area contributed by atoms with Gasteiger partial charge in [0.15, 0.2) is 0 Å². The monoisotopic (exact) mass is 193 g/mol. The number of aliphatic hydroxyl groups is 1. The van der Waals surface area contributed by atoms with Gasteiger partial charge in [-0.25, -0.2) is 0 Å². The summed E-state index contributed by atoms with van der Waals surface area (Å²) < 4.78 is 0. The molecule has 0 aliphatic rings. The van der Waals surface area contributed by atoms with E-state index in [9.17, 15) is 0 Å². The first-order valence-corrected chi connectivity index (χ1v) is 5.19. The Morgan fingerprint density at radius 3 is 2.79 bits per heavy atom. The molecule has 1 rings (SSSR count). The Kier molecular flexibility index (Phi) is 4.47. The first-order chi connectivity index (χ1) is 6.77. The molecule has 0 aliphatic heterocycles. The lowest BCUT2D eigenvalue weighted by molar-refractivity contribution is 0.304. The van der Waals surface area contributed by atoms with Crippen molar-refractivity contribution in [2.24, 2.45) is 0 Å². The molecule has 2 heteroatoms. The molecule has 0 saturated carbocycles. The van der Waals surface area contributed by atoms with E-state index in [-0.39, 0.29) is 6.61 Å². The maximum atomic E-state index is 8.83. The zero-order chi connectivity index (χ0) is 10.4. The zero-order valence-corrected chi connectivity index (χ0v) is 9.03. The molecular weight excluding hydrogens is 174 g/mol. The standard InChI is InChI=1S/C12H19NO/c1-3-5-11-6-4-7-12(10-11)13(2)8-9-14/h4,6-7,10,14H,3,5,8-9H2,1-2H3. The van der Waals surface area contributed by atoms with Crippen LogP contribution in [0.2, 0.25) is 0 Å². The molecule has 1 aromatic rings. The fourth-order valence-corrected chi connectivity index (χ4v) is 1.52. The fourth-order valence-electron chi connectivity index (χ4n) is 1.52. The van der Waals surface area contributed by atoms with Gasteiger partial charge < -0.3 is 10.0 Å². The van der Waals surface area contributed by atoms with Crippen molar-refractivity contribution in [2.75, 3.05) is 25.1 Å². The van der Waals surface area contributed by atoms with E-state index < -0.39 is 0 Å². The number of nitrogens with zero attached hydrogens (tertiary/aromatic N) is 1. The maximum Gasteiger partial charge on any atom is 0.0606 e. The molecule has 0 unspecified atom stereocenters. The minimum absolute atomic E-state index is 0.203. The second kappa shape index (κ2) is 5.66. The Labute approximate surface area is 86.2 Å². The molecule has 14 heavy (non-hydrogen) atoms. The summed E-state index contributed by atoms with van der Waals surface area (Å²) in [4.78, 5) is 2.07. The van der Waals surface area contributed by atoms with Crippen LogP contribution in [0.25, 0.3) is 0 Å². The summed E-state index contributed by atoms with van der Waals surface area (Å²) in [6.07, 6.45) is 2.30. The van der Waals surface area contributed by atoms with E-state index in [4.69, 9.17) is 5.11 Å². The first-order valence-electron chi connectivity index (χ1n) is 5.19. The third kappa shape index (κ3) is 3.04. The Bertz CT molecular complexity index is 273. The highest BCUT2D eigenvalue weighted by Crippen LogP contribution is 2.15. The molecule has 0 amide bonds. The van der Waals surface area contributed by atoms with Crippen molar-refractivity contribution in [1.82, 2.24) is 0 Å². The van der Waals surface area contributed by atoms with Gasteiger partial charge >= 0.3 is 0 Å². The molecule has 1 N–H and O–H groups in total. The van der Waals surface area contributed by atoms with Crippen molar-refractivity contribution in [2.45, 2.75) is 19.8 Å². The fraction of sp³-hybridized carbons (Fsp3) is 0.500. The van der Waals surface area contributed by atoms with Crippen LogP contribution in [0.15, 0.2) is 24.3 Å². The van der Waals surface area contributed by atoms with Crippen LogP contribution in [0.5, 0.6) is 0 Å². The van der Waals surface area contributed by atoms with Crippen molar-refractivity contribution < 1.29 is 5.11 Å². The van der Waals surface area contributed by atoms with Gasteiger partial charge in [-0.1, -0.05) is 25.5 Å². The van der Waals surface area contributed by atoms with Crippen LogP contribution in [-0.2, 0) is 6.42 Å². The van der Waals surface area contributed by atoms with Gasteiger partial charge in [0, 0.05) is 19.3 Å². The molecule has 2 nitrogen and oxygen atoms in total. The zero-order valence-electron chi connectivity index (χ0n) is 9.03. The van der Waals surface area contributed by atoms with Gasteiger partial charge in [-0.05, 0) is 24.1 Å². The van der Waals surface area contributed by atoms with Gasteiger partial charge in [-0.2, -0.15) is 0 Å². The van der Waals surface area contributed by atoms with Gasteiger partial charge in [0.2, 0.25) is 0 Å². The summed E-state index contributed by atoms with van der Waals surface area (Å²) in [6, 6.07) is 8.50. The average Bonchev–Trinajstić information content (AvgIpc) is 2.19. The molecule has 0 spiro atoms. The van der Waals surface area contributed by atoms with Crippen LogP contribution in [0.1, 0.15) is 18.9 Å². The van der Waals surface area contributed by atoms with E-state index in [1.54, 1.807) is 0 Å². The quantitative estimate of drug-likeness (QED) is 0.773. The third-order valence-electron chi connectivity index (χ3n) is 2.33. The highest BCUT2D eigenvalue weighted by molar-refractivity contribution is 5.47. The van der Waals surface area contributed by atoms with Crippen LogP contribution in [-0.4, -0.2) is 25.3 Å². The summed E-state index contributed by atoms with van der Waals surface area (Å²) in [5, 5.41) is 8.83. The highest BCUT2D eigenvalue weighted by atomic mass is 16.3. The van der Waals surface area contributed by atoms with Crippen molar-refractivity contribution in [3.05, 3.63) is 29.8 Å². The number of hydrogen-bond donors (Lipinski definition) is 1. The topological polar surface area (TPSA) is 23.5 Å². The van der Waals surface area contributed by atoms with E-state index in [0.29, 0.717) is 6.54 Å². The Morgan fingerprint density at radius 2 is 2.14 bits per heavy atom. The van der Waals surface area contributed by atoms with E-state index in [1.165, 1.54) is 17.7 Å². The lowest BCUT2D eigenvalue weighted by atomic mass is 10.1. The average molecular weight is 193 g/mol. The molecular formula is C12H19NO. The molecule has 0 heterocycles. The molecule has 0 aromatic heterocycles. The lowest BCUT2D eigenvalue weighted by Crippen LogP contribution is -2.21. The number of aryl methyl sites for hydroxylation is 1. The summed E-state index contributed by atoms with van der Waals surface area (Å²) in [5.74, 6) is 0. The minimum Gasteiger partial charge on any atom is -0.395 e. The Balaban J connectivity index is 2.71. The Morgan fingerprint density at radius 1 is 1.36 bits per heavy atom. The first kappa shape index (κ1) is 11.1. The van der Waals surface area contributed by atoms with Crippen molar-refractivity contribution in [3.63, 3.8) is 0 Å². The number of likely N-dealkylation sites (N-methyl/N-ethyl adjacent to an activating group) is 1. The van der Waals surface area contributed by atoms with Crippen molar-refractivity contribution >= 4 is 5.69 Å². The van der Waals surface area contributed by atoms with Gasteiger partial charge in [0.05, 0.1) is 6.61 Å². The number of anilines is 1. The lowest BCUT2D eigenvalue weighted by Gasteiger charge is -2.18. The maximum absolute atomic E-state index is 8.83. The van der Waals surface area contributed by atoms with E-state index >= 15 is 0 Å². The SMILES string of the molecule is CCCc1cccc(N(C)CCO)c1. The summed E-state index contributed by atoms with van der Waals surface area (Å²) >= 11 is 0. The highest BCUT2D eigenvalue weighted by Gasteiger charge is 2.00. The van der Waals surface area contributed by atoms with Crippen LogP contribution in [0, 0.1) is 0 Å². The van der Waals surface area contributed by atoms with Crippen LogP contribution >= 0.6 is 0 Å². The summed E-state index contributed by atoms with van der Waals surface area (Å²) in [5.41, 5.74) is 2.56. The predicted octanol–water partition coefficient (Wildman–Crippen LogP) is 2.07. The van der Waals surface area contributed by atoms with E-state index in [1.807, 2.05) is 7.05 Å². The van der Waals surface area contributed by atoms with Crippen LogP contribution in [0.4, 0.5) is 5.69 Å². The molecule has 0 radical (unpaired) electrons. The van der Waals surface area contributed by atoms with Gasteiger partial charge in [-0.3, -0.25) is 0 Å². The molecule has 1 aromatic carbocycles.